The molecule has 1 heterocycles. The molecule has 11 heteroatoms. The van der Waals surface area contributed by atoms with E-state index in [1.807, 2.05) is 0 Å². The number of allylic oxidation sites excluding steroid dienone is 6. The van der Waals surface area contributed by atoms with Gasteiger partial charge in [-0.2, -0.15) is 0 Å². The molecule has 9 nitrogen and oxygen atoms in total. The van der Waals surface area contributed by atoms with Crippen LogP contribution in [0.15, 0.2) is 71.4 Å². The van der Waals surface area contributed by atoms with Crippen molar-refractivity contribution < 1.29 is 47.6 Å². The number of esters is 1. The van der Waals surface area contributed by atoms with Gasteiger partial charge in [-0.3, -0.25) is 9.59 Å². The van der Waals surface area contributed by atoms with Crippen molar-refractivity contribution in [2.24, 2.45) is 22.7 Å². The van der Waals surface area contributed by atoms with E-state index in [1.54, 1.807) is 43.3 Å². The molecule has 5 aliphatic carbocycles. The van der Waals surface area contributed by atoms with Gasteiger partial charge in [-0.05, 0) is 80.4 Å². The van der Waals surface area contributed by atoms with E-state index in [2.05, 4.69) is 0 Å². The summed E-state index contributed by atoms with van der Waals surface area (Å²) >= 11 is 0. The number of aliphatic hydroxyl groups excluding tert-OH is 2. The van der Waals surface area contributed by atoms with Crippen molar-refractivity contribution in [1.29, 1.82) is 0 Å². The third-order valence-corrected chi connectivity index (χ3v) is 11.7. The van der Waals surface area contributed by atoms with Gasteiger partial charge in [0.25, 0.3) is 0 Å². The number of aliphatic hydroxyl groups is 2. The summed E-state index contributed by atoms with van der Waals surface area (Å²) in [5.74, 6) is -2.95. The second-order valence-electron chi connectivity index (χ2n) is 13.9. The third-order valence-electron chi connectivity index (χ3n) is 11.7. The highest BCUT2D eigenvalue weighted by molar-refractivity contribution is 6.01. The first kappa shape index (κ1) is 31.1. The van der Waals surface area contributed by atoms with Crippen LogP contribution in [0.5, 0.6) is 5.75 Å². The van der Waals surface area contributed by atoms with Crippen LogP contribution in [0, 0.1) is 22.7 Å². The number of alkyl halides is 2. The van der Waals surface area contributed by atoms with E-state index in [0.717, 1.165) is 6.08 Å². The minimum absolute atomic E-state index is 0.0155. The predicted octanol–water partition coefficient (Wildman–Crippen LogP) is 3.79. The number of benzene rings is 1. The molecule has 0 unspecified atom stereocenters. The first-order valence-electron chi connectivity index (χ1n) is 15.7. The van der Waals surface area contributed by atoms with E-state index in [4.69, 9.17) is 19.9 Å². The highest BCUT2D eigenvalue weighted by Gasteiger charge is 2.80. The van der Waals surface area contributed by atoms with Crippen molar-refractivity contribution in [2.45, 2.75) is 81.9 Å². The number of carbonyl (C=O) groups excluding carboxylic acids is 3. The van der Waals surface area contributed by atoms with Gasteiger partial charge >= 0.3 is 5.97 Å². The Hall–Kier alpha value is -3.51. The summed E-state index contributed by atoms with van der Waals surface area (Å²) in [5.41, 5.74) is 0.510. The van der Waals surface area contributed by atoms with E-state index in [9.17, 15) is 24.6 Å². The molecule has 10 atom stereocenters. The maximum absolute atomic E-state index is 17.6. The molecule has 0 radical (unpaired) electrons. The van der Waals surface area contributed by atoms with Gasteiger partial charge in [-0.1, -0.05) is 31.2 Å². The molecular weight excluding hydrogens is 600 g/mol. The molecule has 0 bridgehead atoms. The molecule has 6 aliphatic rings. The number of rotatable bonds is 5. The van der Waals surface area contributed by atoms with Gasteiger partial charge in [0.2, 0.25) is 0 Å². The van der Waals surface area contributed by atoms with Gasteiger partial charge in [0, 0.05) is 34.1 Å². The second-order valence-corrected chi connectivity index (χ2v) is 13.9. The quantitative estimate of drug-likeness (QED) is 0.249. The fourth-order valence-corrected chi connectivity index (χ4v) is 9.50. The van der Waals surface area contributed by atoms with Gasteiger partial charge in [0.15, 0.2) is 29.1 Å². The van der Waals surface area contributed by atoms with Crippen molar-refractivity contribution in [3.8, 4) is 5.75 Å². The number of fused-ring (bicyclic) bond motifs is 7. The van der Waals surface area contributed by atoms with Gasteiger partial charge < -0.3 is 30.2 Å². The van der Waals surface area contributed by atoms with E-state index in [1.165, 1.54) is 19.1 Å². The van der Waals surface area contributed by atoms with E-state index in [0.29, 0.717) is 35.4 Å². The Kier molecular flexibility index (Phi) is 7.10. The highest BCUT2D eigenvalue weighted by Crippen LogP contribution is 2.72. The molecule has 4 N–H and O–H groups in total. The summed E-state index contributed by atoms with van der Waals surface area (Å²) in [6, 6.07) is 6.53. The van der Waals surface area contributed by atoms with Crippen molar-refractivity contribution in [3.63, 3.8) is 0 Å². The molecule has 46 heavy (non-hydrogen) atoms. The summed E-state index contributed by atoms with van der Waals surface area (Å²) < 4.78 is 51.7. The number of nitrogen functional groups attached to an aromatic ring is 1. The average Bonchev–Trinajstić information content (AvgIpc) is 3.52. The number of Topliss-reactive ketones (excluding diaryl/α,β-unsaturated/α-hetero) is 1. The summed E-state index contributed by atoms with van der Waals surface area (Å²) in [6.45, 7) is 2.39. The Labute approximate surface area is 264 Å². The van der Waals surface area contributed by atoms with Crippen LogP contribution in [0.25, 0.3) is 0 Å². The molecule has 1 aromatic carbocycles. The number of halogens is 2. The molecule has 7 rings (SSSR count). The predicted molar refractivity (Wildman–Crippen MR) is 160 cm³/mol. The minimum Gasteiger partial charge on any atom is -0.423 e. The first-order chi connectivity index (χ1) is 21.8. The normalized spacial score (nSPS) is 42.6. The fourth-order valence-electron chi connectivity index (χ4n) is 9.50. The van der Waals surface area contributed by atoms with Crippen LogP contribution < -0.4 is 10.5 Å². The van der Waals surface area contributed by atoms with E-state index < -0.39 is 82.7 Å². The monoisotopic (exact) mass is 637 g/mol. The van der Waals surface area contributed by atoms with Gasteiger partial charge in [-0.15, -0.1) is 0 Å². The zero-order chi connectivity index (χ0) is 32.8. The highest BCUT2D eigenvalue weighted by atomic mass is 19.1. The Morgan fingerprint density at radius 1 is 1.15 bits per heavy atom. The fraction of sp³-hybridized carbons (Fsp3) is 0.514. The van der Waals surface area contributed by atoms with E-state index >= 15 is 8.78 Å². The largest absolute Gasteiger partial charge is 0.423 e. The molecular formula is C35H37F2NO8. The molecule has 3 saturated carbocycles. The first-order valence-corrected chi connectivity index (χ1v) is 15.7. The number of anilines is 1. The lowest BCUT2D eigenvalue weighted by molar-refractivity contribution is -0.231. The number of hydrogen-bond acceptors (Lipinski definition) is 9. The van der Waals surface area contributed by atoms with Crippen molar-refractivity contribution in [3.05, 3.63) is 71.4 Å². The van der Waals surface area contributed by atoms with Crippen LogP contribution in [0.3, 0.4) is 0 Å². The van der Waals surface area contributed by atoms with Crippen molar-refractivity contribution >= 4 is 23.2 Å². The lowest BCUT2D eigenvalue weighted by atomic mass is 9.44. The van der Waals surface area contributed by atoms with Gasteiger partial charge in [0.05, 0.1) is 12.2 Å². The third kappa shape index (κ3) is 4.07. The molecule has 1 saturated heterocycles. The maximum Gasteiger partial charge on any atom is 0.339 e. The van der Waals surface area contributed by atoms with Gasteiger partial charge in [-0.25, -0.2) is 13.6 Å². The summed E-state index contributed by atoms with van der Waals surface area (Å²) in [6.07, 6.45) is 2.21. The molecule has 1 aromatic rings. The lowest BCUT2D eigenvalue weighted by Crippen LogP contribution is -2.70. The Morgan fingerprint density at radius 3 is 2.63 bits per heavy atom. The zero-order valence-corrected chi connectivity index (χ0v) is 25.6. The van der Waals surface area contributed by atoms with E-state index in [-0.39, 0.29) is 24.8 Å². The minimum atomic E-state index is -2.32. The van der Waals surface area contributed by atoms with Crippen LogP contribution >= 0.6 is 0 Å². The van der Waals surface area contributed by atoms with Crippen LogP contribution in [0.4, 0.5) is 14.5 Å². The Morgan fingerprint density at radius 2 is 1.93 bits per heavy atom. The number of carbonyl (C=O) groups is 3. The average molecular weight is 638 g/mol. The standard InChI is InChI=1S/C35H37F2NO8/c1-32-11-10-21(40)13-25(32)26(36)14-24-23-15-29-35(28(42)17-39,33(23,2)16-27(41)34(24,32)37)46-31(45-29)19-8-6-18(7-9-19)30(43)44-22-5-3-4-20(38)12-22/h3-6,8,10-13,23-24,26-27,29,31,39,41H,7,9,14-17,38H2,1-2H3/t23-,24-,26-,27-,29+,31+,32-,33-,34-,35+/m0/s1. The second kappa shape index (κ2) is 10.5. The maximum atomic E-state index is 17.6. The van der Waals surface area contributed by atoms with Crippen LogP contribution in [0.2, 0.25) is 0 Å². The van der Waals surface area contributed by atoms with Crippen LogP contribution in [-0.2, 0) is 23.9 Å². The number of ketones is 2. The molecule has 4 fully saturated rings. The zero-order valence-electron chi connectivity index (χ0n) is 25.6. The van der Waals surface area contributed by atoms with Crippen LogP contribution in [-0.4, -0.2) is 70.3 Å². The molecule has 0 aromatic heterocycles. The molecule has 244 valence electrons. The molecule has 0 amide bonds. The molecule has 0 spiro atoms. The number of hydrogen-bond donors (Lipinski definition) is 3. The summed E-state index contributed by atoms with van der Waals surface area (Å²) in [5, 5.41) is 21.8. The van der Waals surface area contributed by atoms with Crippen molar-refractivity contribution in [2.75, 3.05) is 12.3 Å². The van der Waals surface area contributed by atoms with Crippen LogP contribution in [0.1, 0.15) is 46.0 Å². The smallest absolute Gasteiger partial charge is 0.339 e. The topological polar surface area (TPSA) is 145 Å². The van der Waals surface area contributed by atoms with Crippen molar-refractivity contribution in [1.82, 2.24) is 0 Å². The number of ether oxygens (including phenoxy) is 3. The summed E-state index contributed by atoms with van der Waals surface area (Å²) in [7, 11) is 0. The number of nitrogens with two attached hydrogens (primary N) is 1. The molecule has 1 aliphatic heterocycles. The Bertz CT molecular complexity index is 1650. The van der Waals surface area contributed by atoms with Gasteiger partial charge in [0.1, 0.15) is 18.5 Å². The lowest BCUT2D eigenvalue weighted by Gasteiger charge is -2.63. The summed E-state index contributed by atoms with van der Waals surface area (Å²) in [4.78, 5) is 38.6. The SMILES string of the molecule is C[C@]12C=CC(=O)C=C1[C@@H](F)C[C@H]1[C@@H]3C[C@H]4O[C@@H](C5=CC=C(C(=O)Oc6cccc(N)c6)CC5)O[C@@]4(C(=O)CO)[C@@]3(C)C[C@H](O)[C@@]12F. The Balaban J connectivity index is 1.18.